The molecule has 6 nitrogen and oxygen atoms in total. The molecular weight excluding hydrogens is 212 g/mol. The predicted molar refractivity (Wildman–Crippen MR) is 58.3 cm³/mol. The largest absolute Gasteiger partial charge is 0.396 e. The summed E-state index contributed by atoms with van der Waals surface area (Å²) in [4.78, 5) is 20.5. The van der Waals surface area contributed by atoms with E-state index < -0.39 is 4.92 Å². The van der Waals surface area contributed by atoms with E-state index in [9.17, 15) is 14.9 Å². The van der Waals surface area contributed by atoms with Crippen LogP contribution >= 0.6 is 0 Å². The van der Waals surface area contributed by atoms with Crippen molar-refractivity contribution in [3.05, 3.63) is 33.4 Å². The number of aryl methyl sites for hydroxylation is 1. The summed E-state index contributed by atoms with van der Waals surface area (Å²) in [6.45, 7) is 1.70. The van der Waals surface area contributed by atoms with Crippen molar-refractivity contribution >= 4 is 17.8 Å². The molecule has 16 heavy (non-hydrogen) atoms. The minimum Gasteiger partial charge on any atom is -0.396 e. The van der Waals surface area contributed by atoms with Gasteiger partial charge in [0.25, 0.3) is 5.69 Å². The molecule has 0 saturated carbocycles. The lowest BCUT2D eigenvalue weighted by Gasteiger charge is -2.07. The van der Waals surface area contributed by atoms with Crippen LogP contribution in [0.5, 0.6) is 0 Å². The summed E-state index contributed by atoms with van der Waals surface area (Å²) in [7, 11) is 0. The molecule has 0 radical (unpaired) electrons. The molecule has 0 bridgehead atoms. The first kappa shape index (κ1) is 12.1. The second-order valence-electron chi connectivity index (χ2n) is 3.29. The smallest absolute Gasteiger partial charge is 0.293 e. The molecule has 0 atom stereocenters. The number of aliphatic hydroxyl groups excluding tert-OH is 1. The van der Waals surface area contributed by atoms with Crippen molar-refractivity contribution in [2.75, 3.05) is 11.9 Å². The Morgan fingerprint density at radius 1 is 1.56 bits per heavy atom. The third-order valence-corrected chi connectivity index (χ3v) is 2.25. The normalized spacial score (nSPS) is 9.88. The summed E-state index contributed by atoms with van der Waals surface area (Å²) in [5, 5.41) is 21.8. The first-order valence-corrected chi connectivity index (χ1v) is 4.69. The molecule has 1 aromatic rings. The number of hydrogen-bond acceptors (Lipinski definition) is 4. The molecule has 0 unspecified atom stereocenters. The van der Waals surface area contributed by atoms with Gasteiger partial charge in [0, 0.05) is 12.7 Å². The van der Waals surface area contributed by atoms with E-state index in [0.717, 1.165) is 5.56 Å². The highest BCUT2D eigenvalue weighted by atomic mass is 16.6. The third kappa shape index (κ3) is 2.54. The van der Waals surface area contributed by atoms with Gasteiger partial charge in [-0.3, -0.25) is 14.9 Å². The van der Waals surface area contributed by atoms with Crippen LogP contribution in [0.4, 0.5) is 11.4 Å². The number of rotatable bonds is 5. The molecule has 6 heteroatoms. The van der Waals surface area contributed by atoms with Gasteiger partial charge >= 0.3 is 0 Å². The Morgan fingerprint density at radius 2 is 2.25 bits per heavy atom. The number of benzene rings is 1. The van der Waals surface area contributed by atoms with Crippen molar-refractivity contribution in [2.45, 2.75) is 13.3 Å². The zero-order valence-electron chi connectivity index (χ0n) is 8.77. The van der Waals surface area contributed by atoms with Crippen LogP contribution in [0.2, 0.25) is 0 Å². The van der Waals surface area contributed by atoms with Crippen LogP contribution in [0.25, 0.3) is 0 Å². The minimum atomic E-state index is -0.563. The van der Waals surface area contributed by atoms with Gasteiger partial charge in [-0.2, -0.15) is 0 Å². The van der Waals surface area contributed by atoms with Crippen molar-refractivity contribution in [3.63, 3.8) is 0 Å². The molecular formula is C10H12N2O4. The molecule has 0 aliphatic carbocycles. The molecule has 0 spiro atoms. The molecule has 1 aromatic carbocycles. The lowest BCUT2D eigenvalue weighted by atomic mass is 10.0. The van der Waals surface area contributed by atoms with Crippen LogP contribution in [0.1, 0.15) is 11.1 Å². The van der Waals surface area contributed by atoms with E-state index in [1.54, 1.807) is 6.92 Å². The molecule has 2 N–H and O–H groups in total. The lowest BCUT2D eigenvalue weighted by Crippen LogP contribution is -2.03. The number of amides is 1. The summed E-state index contributed by atoms with van der Waals surface area (Å²) in [6.07, 6.45) is 0.752. The molecule has 1 amide bonds. The number of hydrogen-bond donors (Lipinski definition) is 2. The number of anilines is 1. The molecule has 0 heterocycles. The van der Waals surface area contributed by atoms with Crippen LogP contribution in [-0.2, 0) is 11.2 Å². The van der Waals surface area contributed by atoms with Gasteiger partial charge in [0.15, 0.2) is 0 Å². The highest BCUT2D eigenvalue weighted by molar-refractivity contribution is 5.78. The fraction of sp³-hybridized carbons (Fsp3) is 0.300. The molecule has 1 rings (SSSR count). The van der Waals surface area contributed by atoms with Crippen LogP contribution in [0, 0.1) is 17.0 Å². The number of aliphatic hydroxyl groups is 1. The highest BCUT2D eigenvalue weighted by Gasteiger charge is 2.16. The van der Waals surface area contributed by atoms with Crippen molar-refractivity contribution in [1.29, 1.82) is 0 Å². The Labute approximate surface area is 92.0 Å². The SMILES string of the molecule is Cc1cc(NC=O)c([N+](=O)[O-])cc1CCO. The number of nitrogens with one attached hydrogen (secondary N) is 1. The van der Waals surface area contributed by atoms with Crippen molar-refractivity contribution in [2.24, 2.45) is 0 Å². The maximum absolute atomic E-state index is 10.8. The molecule has 0 aromatic heterocycles. The monoisotopic (exact) mass is 224 g/mol. The number of carbonyl (C=O) groups is 1. The quantitative estimate of drug-likeness (QED) is 0.443. The van der Waals surface area contributed by atoms with E-state index in [-0.39, 0.29) is 18.0 Å². The number of carbonyl (C=O) groups excluding carboxylic acids is 1. The lowest BCUT2D eigenvalue weighted by molar-refractivity contribution is -0.384. The minimum absolute atomic E-state index is 0.0710. The Hall–Kier alpha value is -1.95. The Balaban J connectivity index is 3.24. The van der Waals surface area contributed by atoms with E-state index in [1.807, 2.05) is 0 Å². The average molecular weight is 224 g/mol. The first-order chi connectivity index (χ1) is 7.60. The van der Waals surface area contributed by atoms with Gasteiger partial charge < -0.3 is 10.4 Å². The highest BCUT2D eigenvalue weighted by Crippen LogP contribution is 2.28. The topological polar surface area (TPSA) is 92.5 Å². The summed E-state index contributed by atoms with van der Waals surface area (Å²) < 4.78 is 0. The molecule has 0 aliphatic rings. The fourth-order valence-electron chi connectivity index (χ4n) is 1.46. The predicted octanol–water partition coefficient (Wildman–Crippen LogP) is 1.01. The maximum Gasteiger partial charge on any atom is 0.293 e. The Morgan fingerprint density at radius 3 is 2.75 bits per heavy atom. The van der Waals surface area contributed by atoms with Crippen molar-refractivity contribution in [1.82, 2.24) is 0 Å². The number of nitro groups is 1. The van der Waals surface area contributed by atoms with Gasteiger partial charge in [-0.15, -0.1) is 0 Å². The van der Waals surface area contributed by atoms with Crippen LogP contribution < -0.4 is 5.32 Å². The third-order valence-electron chi connectivity index (χ3n) is 2.25. The van der Waals surface area contributed by atoms with Gasteiger partial charge in [0.05, 0.1) is 4.92 Å². The van der Waals surface area contributed by atoms with E-state index >= 15 is 0 Å². The standard InChI is InChI=1S/C10H12N2O4/c1-7-4-9(11-6-14)10(12(15)16)5-8(7)2-3-13/h4-6,13H,2-3H2,1H3,(H,11,14). The van der Waals surface area contributed by atoms with Crippen LogP contribution in [0.15, 0.2) is 12.1 Å². The summed E-state index contributed by atoms with van der Waals surface area (Å²) >= 11 is 0. The summed E-state index contributed by atoms with van der Waals surface area (Å²) in [5.74, 6) is 0. The number of nitrogens with zero attached hydrogens (tertiary/aromatic N) is 1. The van der Waals surface area contributed by atoms with E-state index in [4.69, 9.17) is 5.11 Å². The van der Waals surface area contributed by atoms with Gasteiger partial charge in [-0.05, 0) is 30.5 Å². The van der Waals surface area contributed by atoms with E-state index in [2.05, 4.69) is 5.32 Å². The zero-order chi connectivity index (χ0) is 12.1. The first-order valence-electron chi connectivity index (χ1n) is 4.69. The second-order valence-corrected chi connectivity index (χ2v) is 3.29. The number of nitro benzene ring substituents is 1. The average Bonchev–Trinajstić information content (AvgIpc) is 2.22. The van der Waals surface area contributed by atoms with Crippen molar-refractivity contribution in [3.8, 4) is 0 Å². The Kier molecular flexibility index (Phi) is 3.96. The van der Waals surface area contributed by atoms with E-state index in [0.29, 0.717) is 18.4 Å². The molecule has 0 aliphatic heterocycles. The molecule has 86 valence electrons. The van der Waals surface area contributed by atoms with Gasteiger partial charge in [-0.1, -0.05) is 0 Å². The molecule has 0 saturated heterocycles. The Bertz CT molecular complexity index is 418. The van der Waals surface area contributed by atoms with Gasteiger partial charge in [0.2, 0.25) is 6.41 Å². The fourth-order valence-corrected chi connectivity index (χ4v) is 1.46. The zero-order valence-corrected chi connectivity index (χ0v) is 8.77. The van der Waals surface area contributed by atoms with Crippen LogP contribution in [-0.4, -0.2) is 23.0 Å². The maximum atomic E-state index is 10.8. The van der Waals surface area contributed by atoms with Crippen molar-refractivity contribution < 1.29 is 14.8 Å². The molecule has 0 fully saturated rings. The van der Waals surface area contributed by atoms with Gasteiger partial charge in [-0.25, -0.2) is 0 Å². The summed E-state index contributed by atoms with van der Waals surface area (Å²) in [6, 6.07) is 2.90. The second kappa shape index (κ2) is 5.22. The van der Waals surface area contributed by atoms with Crippen LogP contribution in [0.3, 0.4) is 0 Å². The summed E-state index contributed by atoms with van der Waals surface area (Å²) in [5.41, 5.74) is 1.50. The van der Waals surface area contributed by atoms with E-state index in [1.165, 1.54) is 12.1 Å². The van der Waals surface area contributed by atoms with Gasteiger partial charge in [0.1, 0.15) is 5.69 Å².